The van der Waals surface area contributed by atoms with Gasteiger partial charge in [-0.2, -0.15) is 0 Å². The van der Waals surface area contributed by atoms with E-state index in [1.807, 2.05) is 5.38 Å². The second-order valence-corrected chi connectivity index (χ2v) is 9.31. The van der Waals surface area contributed by atoms with Crippen molar-refractivity contribution < 1.29 is 13.9 Å². The van der Waals surface area contributed by atoms with Gasteiger partial charge in [0, 0.05) is 31.6 Å². The molecular weight excluding hydrogens is 465 g/mol. The Morgan fingerprint density at radius 2 is 2.39 bits per heavy atom. The van der Waals surface area contributed by atoms with Gasteiger partial charge in [-0.15, -0.1) is 16.4 Å². The summed E-state index contributed by atoms with van der Waals surface area (Å²) in [5.74, 6) is 0.241. The molecule has 3 heterocycles. The lowest BCUT2D eigenvalue weighted by atomic mass is 10.2. The van der Waals surface area contributed by atoms with Crippen LogP contribution in [0.4, 0.5) is 4.39 Å². The zero-order valence-electron chi connectivity index (χ0n) is 16.3. The van der Waals surface area contributed by atoms with Crippen molar-refractivity contribution in [3.05, 3.63) is 40.0 Å². The van der Waals surface area contributed by atoms with Crippen molar-refractivity contribution >= 4 is 40.6 Å². The largest absolute Gasteiger partial charge is 0.374 e. The number of carbonyl (C=O) groups is 1. The van der Waals surface area contributed by atoms with Gasteiger partial charge in [-0.3, -0.25) is 9.69 Å². The summed E-state index contributed by atoms with van der Waals surface area (Å²) in [5, 5.41) is 18.4. The third kappa shape index (κ3) is 6.20. The maximum Gasteiger partial charge on any atom is 0.230 e. The summed E-state index contributed by atoms with van der Waals surface area (Å²) in [7, 11) is 0. The average Bonchev–Trinajstić information content (AvgIpc) is 3.45. The van der Waals surface area contributed by atoms with Crippen molar-refractivity contribution in [2.24, 2.45) is 0 Å². The quantitative estimate of drug-likeness (QED) is 0.469. The van der Waals surface area contributed by atoms with Crippen molar-refractivity contribution in [1.29, 1.82) is 0 Å². The number of nitrogens with one attached hydrogen (secondary N) is 2. The predicted octanol–water partition coefficient (Wildman–Crippen LogP) is 2.22. The minimum Gasteiger partial charge on any atom is -0.374 e. The van der Waals surface area contributed by atoms with Gasteiger partial charge >= 0.3 is 0 Å². The van der Waals surface area contributed by atoms with Crippen LogP contribution in [-0.2, 0) is 16.1 Å². The minimum atomic E-state index is -0.421. The Labute approximate surface area is 190 Å². The number of carbonyl (C=O) groups excluding carboxylic acids is 1. The maximum atomic E-state index is 13.3. The summed E-state index contributed by atoms with van der Waals surface area (Å²) in [6.07, 6.45) is -0.107. The predicted molar refractivity (Wildman–Crippen MR) is 115 cm³/mol. The number of amides is 1. The number of aromatic nitrogens is 5. The molecule has 4 rings (SSSR count). The average molecular weight is 484 g/mol. The third-order valence-corrected chi connectivity index (χ3v) is 6.85. The summed E-state index contributed by atoms with van der Waals surface area (Å²) in [6, 6.07) is 4.75. The molecule has 1 amide bonds. The Kier molecular flexibility index (Phi) is 7.45. The molecule has 1 fully saturated rings. The first-order valence-electron chi connectivity index (χ1n) is 9.44. The number of rotatable bonds is 8. The van der Waals surface area contributed by atoms with Crippen LogP contribution in [0.2, 0.25) is 5.02 Å². The smallest absolute Gasteiger partial charge is 0.230 e. The van der Waals surface area contributed by atoms with Gasteiger partial charge in [0.15, 0.2) is 10.2 Å². The molecule has 2 aromatic heterocycles. The number of hydrogen-bond donors (Lipinski definition) is 2. The van der Waals surface area contributed by atoms with Crippen LogP contribution in [0.25, 0.3) is 11.5 Å². The van der Waals surface area contributed by atoms with Crippen molar-refractivity contribution in [2.75, 3.05) is 32.0 Å². The summed E-state index contributed by atoms with van der Waals surface area (Å²) >= 11 is 8.65. The van der Waals surface area contributed by atoms with Crippen LogP contribution in [0.5, 0.6) is 0 Å². The maximum absolute atomic E-state index is 13.3. The highest BCUT2D eigenvalue weighted by atomic mass is 35.5. The molecule has 0 spiro atoms. The first-order chi connectivity index (χ1) is 15.1. The number of aromatic amines is 1. The Balaban J connectivity index is 1.19. The molecule has 0 radical (unpaired) electrons. The number of halogens is 2. The SMILES string of the molecule is O=C(CSc1nc(-c2nnn[nH]2)cs1)NC[C@H]1CN(Cc2ccc(F)c(Cl)c2)CCO1. The van der Waals surface area contributed by atoms with E-state index in [0.717, 1.165) is 16.4 Å². The number of benzene rings is 1. The number of tetrazole rings is 1. The molecule has 164 valence electrons. The van der Waals surface area contributed by atoms with Gasteiger partial charge in [-0.25, -0.2) is 14.5 Å². The van der Waals surface area contributed by atoms with E-state index in [4.69, 9.17) is 16.3 Å². The standard InChI is InChI=1S/C18H19ClFN7O2S2/c19-13-5-11(1-2-14(13)20)7-27-3-4-29-12(8-27)6-21-16(28)10-31-18-22-15(9-30-18)17-23-25-26-24-17/h1-2,5,9,12H,3-4,6-8,10H2,(H,21,28)(H,23,24,25,26)/t12-/m0/s1. The highest BCUT2D eigenvalue weighted by Crippen LogP contribution is 2.26. The molecule has 1 aromatic carbocycles. The van der Waals surface area contributed by atoms with Crippen molar-refractivity contribution in [3.8, 4) is 11.5 Å². The topological polar surface area (TPSA) is 109 Å². The van der Waals surface area contributed by atoms with Crippen LogP contribution in [0.3, 0.4) is 0 Å². The molecule has 13 heteroatoms. The van der Waals surface area contributed by atoms with Crippen LogP contribution < -0.4 is 5.32 Å². The Bertz CT molecular complexity index is 1020. The first kappa shape index (κ1) is 22.1. The van der Waals surface area contributed by atoms with Crippen LogP contribution >= 0.6 is 34.7 Å². The van der Waals surface area contributed by atoms with Gasteiger partial charge in [-0.05, 0) is 28.1 Å². The lowest BCUT2D eigenvalue weighted by Crippen LogP contribution is -2.47. The molecule has 1 saturated heterocycles. The molecule has 1 atom stereocenters. The minimum absolute atomic E-state index is 0.0888. The molecule has 9 nitrogen and oxygen atoms in total. The normalized spacial score (nSPS) is 17.0. The van der Waals surface area contributed by atoms with E-state index in [1.165, 1.54) is 29.2 Å². The molecule has 2 N–H and O–H groups in total. The van der Waals surface area contributed by atoms with E-state index in [1.54, 1.807) is 12.1 Å². The Hall–Kier alpha value is -2.12. The van der Waals surface area contributed by atoms with Crippen molar-refractivity contribution in [1.82, 2.24) is 35.8 Å². The van der Waals surface area contributed by atoms with Crippen LogP contribution in [0, 0.1) is 5.82 Å². The number of nitrogens with zero attached hydrogens (tertiary/aromatic N) is 5. The summed E-state index contributed by atoms with van der Waals surface area (Å²) < 4.78 is 19.9. The summed E-state index contributed by atoms with van der Waals surface area (Å²) in [6.45, 7) is 3.08. The molecule has 0 saturated carbocycles. The third-order valence-electron chi connectivity index (χ3n) is 4.54. The molecular formula is C18H19ClFN7O2S2. The van der Waals surface area contributed by atoms with Gasteiger partial charge in [0.25, 0.3) is 0 Å². The Morgan fingerprint density at radius 3 is 3.19 bits per heavy atom. The van der Waals surface area contributed by atoms with E-state index in [2.05, 4.69) is 35.8 Å². The zero-order chi connectivity index (χ0) is 21.6. The van der Waals surface area contributed by atoms with E-state index in [0.29, 0.717) is 37.8 Å². The molecule has 3 aromatic rings. The number of morpholine rings is 1. The summed E-state index contributed by atoms with van der Waals surface area (Å²) in [5.41, 5.74) is 1.59. The molecule has 0 unspecified atom stereocenters. The van der Waals surface area contributed by atoms with E-state index in [-0.39, 0.29) is 22.8 Å². The van der Waals surface area contributed by atoms with E-state index >= 15 is 0 Å². The lowest BCUT2D eigenvalue weighted by Gasteiger charge is -2.33. The van der Waals surface area contributed by atoms with E-state index < -0.39 is 5.82 Å². The molecule has 1 aliphatic rings. The number of H-pyrrole nitrogens is 1. The second-order valence-electron chi connectivity index (χ2n) is 6.82. The zero-order valence-corrected chi connectivity index (χ0v) is 18.6. The van der Waals surface area contributed by atoms with Gasteiger partial charge < -0.3 is 10.1 Å². The molecule has 0 bridgehead atoms. The van der Waals surface area contributed by atoms with Gasteiger partial charge in [0.05, 0.1) is 23.5 Å². The fourth-order valence-electron chi connectivity index (χ4n) is 3.05. The molecule has 1 aliphatic heterocycles. The van der Waals surface area contributed by atoms with Crippen molar-refractivity contribution in [3.63, 3.8) is 0 Å². The fourth-order valence-corrected chi connectivity index (χ4v) is 4.89. The van der Waals surface area contributed by atoms with E-state index in [9.17, 15) is 9.18 Å². The first-order valence-corrected chi connectivity index (χ1v) is 11.7. The highest BCUT2D eigenvalue weighted by molar-refractivity contribution is 8.01. The second kappa shape index (κ2) is 10.5. The lowest BCUT2D eigenvalue weighted by molar-refractivity contribution is -0.119. The van der Waals surface area contributed by atoms with Crippen LogP contribution in [0.1, 0.15) is 5.56 Å². The fraction of sp³-hybridized carbons (Fsp3) is 0.389. The molecule has 31 heavy (non-hydrogen) atoms. The number of thiazole rings is 1. The van der Waals surface area contributed by atoms with Crippen LogP contribution in [-0.4, -0.2) is 74.5 Å². The number of ether oxygens (including phenoxy) is 1. The van der Waals surface area contributed by atoms with Gasteiger partial charge in [0.1, 0.15) is 11.5 Å². The van der Waals surface area contributed by atoms with Gasteiger partial charge in [0.2, 0.25) is 5.91 Å². The monoisotopic (exact) mass is 483 g/mol. The summed E-state index contributed by atoms with van der Waals surface area (Å²) in [4.78, 5) is 18.8. The van der Waals surface area contributed by atoms with Crippen molar-refractivity contribution in [2.45, 2.75) is 17.0 Å². The number of hydrogen-bond acceptors (Lipinski definition) is 9. The number of thioether (sulfide) groups is 1. The molecule has 0 aliphatic carbocycles. The highest BCUT2D eigenvalue weighted by Gasteiger charge is 2.21. The van der Waals surface area contributed by atoms with Gasteiger partial charge in [-0.1, -0.05) is 29.4 Å². The van der Waals surface area contributed by atoms with Crippen LogP contribution in [0.15, 0.2) is 27.9 Å². The Morgan fingerprint density at radius 1 is 1.48 bits per heavy atom.